The fourth-order valence-corrected chi connectivity index (χ4v) is 2.58. The van der Waals surface area contributed by atoms with Crippen molar-refractivity contribution >= 4 is 0 Å². The summed E-state index contributed by atoms with van der Waals surface area (Å²) in [6.45, 7) is 10.5. The van der Waals surface area contributed by atoms with Crippen LogP contribution in [0.3, 0.4) is 0 Å². The van der Waals surface area contributed by atoms with Gasteiger partial charge in [-0.2, -0.15) is 0 Å². The van der Waals surface area contributed by atoms with Crippen LogP contribution in [-0.4, -0.2) is 13.2 Å². The quantitative estimate of drug-likeness (QED) is 0.774. The first-order valence-electron chi connectivity index (χ1n) is 8.54. The molecule has 0 N–H and O–H groups in total. The summed E-state index contributed by atoms with van der Waals surface area (Å²) in [5, 5.41) is 0. The summed E-state index contributed by atoms with van der Waals surface area (Å²) >= 11 is 0. The van der Waals surface area contributed by atoms with E-state index in [9.17, 15) is 0 Å². The van der Waals surface area contributed by atoms with Crippen LogP contribution in [0.2, 0.25) is 0 Å². The molecule has 0 aliphatic carbocycles. The second-order valence-corrected chi connectivity index (χ2v) is 7.54. The number of fused-ring (bicyclic) bond motifs is 1. The third-order valence-corrected chi connectivity index (χ3v) is 4.20. The van der Waals surface area contributed by atoms with Crippen LogP contribution in [0.15, 0.2) is 42.5 Å². The van der Waals surface area contributed by atoms with Crippen molar-refractivity contribution in [2.24, 2.45) is 5.41 Å². The molecule has 0 aromatic heterocycles. The Hall–Kier alpha value is -2.16. The zero-order valence-corrected chi connectivity index (χ0v) is 15.0. The van der Waals surface area contributed by atoms with Crippen molar-refractivity contribution in [2.75, 3.05) is 13.2 Å². The number of rotatable bonds is 4. The van der Waals surface area contributed by atoms with E-state index in [0.717, 1.165) is 22.8 Å². The van der Waals surface area contributed by atoms with E-state index in [0.29, 0.717) is 25.7 Å². The molecule has 0 radical (unpaired) electrons. The molecular weight excluding hydrogens is 300 g/mol. The van der Waals surface area contributed by atoms with Crippen LogP contribution in [0.25, 0.3) is 0 Å². The molecule has 2 aromatic rings. The predicted octanol–water partition coefficient (Wildman–Crippen LogP) is 5.19. The Morgan fingerprint density at radius 1 is 0.958 bits per heavy atom. The molecule has 1 aliphatic rings. The van der Waals surface area contributed by atoms with Gasteiger partial charge in [0.05, 0.1) is 13.2 Å². The molecule has 0 bridgehead atoms. The molecule has 3 nitrogen and oxygen atoms in total. The highest BCUT2D eigenvalue weighted by Gasteiger charge is 2.25. The monoisotopic (exact) mass is 326 g/mol. The molecule has 0 atom stereocenters. The van der Waals surface area contributed by atoms with Crippen molar-refractivity contribution in [3.05, 3.63) is 53.6 Å². The average molecular weight is 326 g/mol. The van der Waals surface area contributed by atoms with Crippen LogP contribution in [0.1, 0.15) is 44.7 Å². The summed E-state index contributed by atoms with van der Waals surface area (Å²) in [4.78, 5) is 0. The number of hydrogen-bond acceptors (Lipinski definition) is 3. The van der Waals surface area contributed by atoms with Crippen molar-refractivity contribution < 1.29 is 14.2 Å². The minimum atomic E-state index is 0.0217. The maximum absolute atomic E-state index is 5.92. The molecule has 0 saturated heterocycles. The molecule has 128 valence electrons. The Balaban J connectivity index is 1.65. The highest BCUT2D eigenvalue weighted by molar-refractivity contribution is 5.43. The smallest absolute Gasteiger partial charge is 0.161 e. The third kappa shape index (κ3) is 4.02. The van der Waals surface area contributed by atoms with Crippen molar-refractivity contribution in [3.63, 3.8) is 0 Å². The zero-order chi connectivity index (χ0) is 17.2. The number of benzene rings is 2. The Bertz CT molecular complexity index is 687. The molecule has 2 aromatic carbocycles. The summed E-state index contributed by atoms with van der Waals surface area (Å²) in [5.41, 5.74) is 2.42. The average Bonchev–Trinajstić information content (AvgIpc) is 2.72. The first kappa shape index (κ1) is 16.7. The van der Waals surface area contributed by atoms with Crippen molar-refractivity contribution in [2.45, 2.75) is 40.2 Å². The third-order valence-electron chi connectivity index (χ3n) is 4.20. The van der Waals surface area contributed by atoms with Gasteiger partial charge in [0.25, 0.3) is 0 Å². The second kappa shape index (κ2) is 6.76. The molecule has 3 rings (SSSR count). The summed E-state index contributed by atoms with van der Waals surface area (Å²) in [6.07, 6.45) is 0. The van der Waals surface area contributed by atoms with Crippen molar-refractivity contribution in [3.8, 4) is 17.2 Å². The Labute approximate surface area is 144 Å². The zero-order valence-electron chi connectivity index (χ0n) is 15.0. The van der Waals surface area contributed by atoms with Gasteiger partial charge in [-0.15, -0.1) is 0 Å². The molecular formula is C21H26O3. The van der Waals surface area contributed by atoms with Crippen LogP contribution in [-0.2, 0) is 6.61 Å². The highest BCUT2D eigenvalue weighted by atomic mass is 16.5. The van der Waals surface area contributed by atoms with Gasteiger partial charge >= 0.3 is 0 Å². The maximum Gasteiger partial charge on any atom is 0.161 e. The van der Waals surface area contributed by atoms with Gasteiger partial charge in [0, 0.05) is 5.41 Å². The van der Waals surface area contributed by atoms with Crippen molar-refractivity contribution in [1.82, 2.24) is 0 Å². The van der Waals surface area contributed by atoms with Crippen LogP contribution >= 0.6 is 0 Å². The topological polar surface area (TPSA) is 27.7 Å². The standard InChI is InChI=1S/C21H26O3/c1-15(2)17-6-8-18(9-7-17)22-12-16-5-10-19-20(11-16)24-14-21(3,4)13-23-19/h5-11,15H,12-14H2,1-4H3. The first-order valence-corrected chi connectivity index (χ1v) is 8.54. The number of ether oxygens (including phenoxy) is 3. The first-order chi connectivity index (χ1) is 11.4. The SMILES string of the molecule is CC(C)c1ccc(OCc2ccc3c(c2)OCC(C)(C)CO3)cc1. The molecule has 24 heavy (non-hydrogen) atoms. The van der Waals surface area contributed by atoms with Gasteiger partial charge < -0.3 is 14.2 Å². The molecule has 0 saturated carbocycles. The highest BCUT2D eigenvalue weighted by Crippen LogP contribution is 2.34. The van der Waals surface area contributed by atoms with Crippen LogP contribution in [0, 0.1) is 5.41 Å². The summed E-state index contributed by atoms with van der Waals surface area (Å²) in [7, 11) is 0. The summed E-state index contributed by atoms with van der Waals surface area (Å²) in [6, 6.07) is 14.3. The predicted molar refractivity (Wildman–Crippen MR) is 96.1 cm³/mol. The van der Waals surface area contributed by atoms with Gasteiger partial charge in [-0.3, -0.25) is 0 Å². The van der Waals surface area contributed by atoms with Gasteiger partial charge in [0.15, 0.2) is 11.5 Å². The van der Waals surface area contributed by atoms with Crippen LogP contribution in [0.4, 0.5) is 0 Å². The minimum Gasteiger partial charge on any atom is -0.489 e. The van der Waals surface area contributed by atoms with E-state index in [4.69, 9.17) is 14.2 Å². The minimum absolute atomic E-state index is 0.0217. The molecule has 3 heteroatoms. The Kier molecular flexibility index (Phi) is 4.70. The van der Waals surface area contributed by atoms with E-state index in [-0.39, 0.29) is 5.41 Å². The second-order valence-electron chi connectivity index (χ2n) is 7.54. The fourth-order valence-electron chi connectivity index (χ4n) is 2.58. The number of hydrogen-bond donors (Lipinski definition) is 0. The molecule has 0 spiro atoms. The largest absolute Gasteiger partial charge is 0.489 e. The molecule has 0 unspecified atom stereocenters. The van der Waals surface area contributed by atoms with Gasteiger partial charge in [-0.25, -0.2) is 0 Å². The van der Waals surface area contributed by atoms with E-state index in [2.05, 4.69) is 39.8 Å². The van der Waals surface area contributed by atoms with E-state index in [1.54, 1.807) is 0 Å². The normalized spacial score (nSPS) is 15.9. The van der Waals surface area contributed by atoms with E-state index >= 15 is 0 Å². The van der Waals surface area contributed by atoms with E-state index in [1.165, 1.54) is 5.56 Å². The fraction of sp³-hybridized carbons (Fsp3) is 0.429. The maximum atomic E-state index is 5.92. The molecule has 0 fully saturated rings. The van der Waals surface area contributed by atoms with Gasteiger partial charge in [0.1, 0.15) is 12.4 Å². The lowest BCUT2D eigenvalue weighted by molar-refractivity contribution is 0.140. The van der Waals surface area contributed by atoms with Crippen LogP contribution < -0.4 is 14.2 Å². The van der Waals surface area contributed by atoms with Gasteiger partial charge in [-0.05, 0) is 41.3 Å². The van der Waals surface area contributed by atoms with Gasteiger partial charge in [-0.1, -0.05) is 45.9 Å². The summed E-state index contributed by atoms with van der Waals surface area (Å²) < 4.78 is 17.7. The Morgan fingerprint density at radius 2 is 1.62 bits per heavy atom. The lowest BCUT2D eigenvalue weighted by Gasteiger charge is -2.19. The lowest BCUT2D eigenvalue weighted by Crippen LogP contribution is -2.26. The van der Waals surface area contributed by atoms with Gasteiger partial charge in [0.2, 0.25) is 0 Å². The molecule has 1 heterocycles. The Morgan fingerprint density at radius 3 is 2.29 bits per heavy atom. The summed E-state index contributed by atoms with van der Waals surface area (Å²) in [5.74, 6) is 3.03. The lowest BCUT2D eigenvalue weighted by atomic mass is 9.97. The van der Waals surface area contributed by atoms with E-state index < -0.39 is 0 Å². The van der Waals surface area contributed by atoms with E-state index in [1.807, 2.05) is 30.3 Å². The van der Waals surface area contributed by atoms with Crippen molar-refractivity contribution in [1.29, 1.82) is 0 Å². The molecule has 0 amide bonds. The van der Waals surface area contributed by atoms with Crippen LogP contribution in [0.5, 0.6) is 17.2 Å². The molecule has 1 aliphatic heterocycles.